The van der Waals surface area contributed by atoms with Gasteiger partial charge in [0.25, 0.3) is 0 Å². The number of aromatic nitrogens is 14. The molecule has 6 aromatic heterocycles. The van der Waals surface area contributed by atoms with Crippen molar-refractivity contribution in [2.45, 2.75) is 61.6 Å². The van der Waals surface area contributed by atoms with Crippen LogP contribution in [-0.4, -0.2) is 68.9 Å². The molecular formula is C59H41F3N16. The van der Waals surface area contributed by atoms with Crippen LogP contribution >= 0.6 is 0 Å². The Balaban J connectivity index is 1.23. The second-order valence-corrected chi connectivity index (χ2v) is 19.0. The lowest BCUT2D eigenvalue weighted by Crippen LogP contribution is -2.07. The summed E-state index contributed by atoms with van der Waals surface area (Å²) < 4.78 is 47.7. The van der Waals surface area contributed by atoms with Crippen LogP contribution in [0, 0.1) is 78.1 Å². The summed E-state index contributed by atoms with van der Waals surface area (Å²) in [5.74, 6) is 5.94. The first-order valence-corrected chi connectivity index (χ1v) is 24.6. The lowest BCUT2D eigenvalue weighted by molar-refractivity contribution is -0.137. The third-order valence-corrected chi connectivity index (χ3v) is 13.5. The van der Waals surface area contributed by atoms with E-state index in [1.54, 1.807) is 67.5 Å². The Bertz CT molecular complexity index is 4340. The zero-order chi connectivity index (χ0) is 54.5. The van der Waals surface area contributed by atoms with Crippen LogP contribution in [0.2, 0.25) is 0 Å². The SMILES string of the molecule is Cc1nc(C)nc(-c2ccc3c4ccc(-c5nc(C)nc(C)n5)cc4n(-c4cc(-c5ccc(C(F)(F)F)cc5C#N)c(-n5c6cc(-c7nc(C)nc(C)n7)ccc6c6ccc(-c7nc(C)nc(C)n7)cc65)cc4C#N)c3c2)n1. The number of aryl methyl sites for hydroxylation is 8. The van der Waals surface area contributed by atoms with Crippen LogP contribution in [0.4, 0.5) is 13.2 Å². The summed E-state index contributed by atoms with van der Waals surface area (Å²) in [5.41, 5.74) is 5.39. The first-order valence-electron chi connectivity index (χ1n) is 24.6. The highest BCUT2D eigenvalue weighted by molar-refractivity contribution is 6.13. The van der Waals surface area contributed by atoms with Gasteiger partial charge in [-0.15, -0.1) is 0 Å². The Morgan fingerprint density at radius 3 is 0.974 bits per heavy atom. The third-order valence-electron chi connectivity index (χ3n) is 13.5. The molecule has 0 atom stereocenters. The van der Waals surface area contributed by atoms with Gasteiger partial charge in [-0.3, -0.25) is 0 Å². The minimum Gasteiger partial charge on any atom is -0.309 e. The molecule has 0 aliphatic carbocycles. The van der Waals surface area contributed by atoms with Gasteiger partial charge in [0.2, 0.25) is 0 Å². The van der Waals surface area contributed by atoms with E-state index in [9.17, 15) is 23.7 Å². The monoisotopic (exact) mass is 1030 g/mol. The largest absolute Gasteiger partial charge is 0.416 e. The van der Waals surface area contributed by atoms with Crippen LogP contribution in [0.25, 0.3) is 112 Å². The second kappa shape index (κ2) is 18.2. The number of hydrogen-bond acceptors (Lipinski definition) is 14. The van der Waals surface area contributed by atoms with Crippen LogP contribution < -0.4 is 0 Å². The molecule has 12 aromatic rings. The zero-order valence-electron chi connectivity index (χ0n) is 43.1. The van der Waals surface area contributed by atoms with Gasteiger partial charge in [0, 0.05) is 54.9 Å². The van der Waals surface area contributed by atoms with E-state index in [2.05, 4.69) is 71.9 Å². The zero-order valence-corrected chi connectivity index (χ0v) is 43.1. The maximum Gasteiger partial charge on any atom is 0.416 e. The average molecular weight is 1030 g/mol. The van der Waals surface area contributed by atoms with E-state index in [-0.39, 0.29) is 16.7 Å². The predicted molar refractivity (Wildman–Crippen MR) is 288 cm³/mol. The average Bonchev–Trinajstić information content (AvgIpc) is 4.11. The summed E-state index contributed by atoms with van der Waals surface area (Å²) in [6, 6.07) is 34.5. The number of rotatable bonds is 7. The van der Waals surface area contributed by atoms with E-state index in [4.69, 9.17) is 0 Å². The van der Waals surface area contributed by atoms with Crippen molar-refractivity contribution < 1.29 is 13.2 Å². The minimum atomic E-state index is -4.76. The molecule has 12 rings (SSSR count). The summed E-state index contributed by atoms with van der Waals surface area (Å²) in [7, 11) is 0. The molecule has 6 heterocycles. The summed E-state index contributed by atoms with van der Waals surface area (Å²) in [4.78, 5) is 55.1. The number of alkyl halides is 3. The normalized spacial score (nSPS) is 11.8. The summed E-state index contributed by atoms with van der Waals surface area (Å²) in [5, 5.41) is 25.7. The molecule has 0 amide bonds. The Hall–Kier alpha value is -10.3. The first kappa shape index (κ1) is 48.7. The van der Waals surface area contributed by atoms with Crippen molar-refractivity contribution in [2.24, 2.45) is 0 Å². The van der Waals surface area contributed by atoms with Crippen LogP contribution in [-0.2, 0) is 6.18 Å². The van der Waals surface area contributed by atoms with Crippen LogP contribution in [0.15, 0.2) is 103 Å². The van der Waals surface area contributed by atoms with Crippen LogP contribution in [0.1, 0.15) is 63.3 Å². The van der Waals surface area contributed by atoms with Crippen molar-refractivity contribution >= 4 is 43.6 Å². The third kappa shape index (κ3) is 8.43. The number of nitrogens with zero attached hydrogens (tertiary/aromatic N) is 16. The van der Waals surface area contributed by atoms with Crippen molar-refractivity contribution in [1.82, 2.24) is 68.9 Å². The van der Waals surface area contributed by atoms with Gasteiger partial charge in [-0.25, -0.2) is 59.8 Å². The van der Waals surface area contributed by atoms with Gasteiger partial charge >= 0.3 is 6.18 Å². The molecule has 16 nitrogen and oxygen atoms in total. The van der Waals surface area contributed by atoms with Crippen molar-refractivity contribution in [3.8, 4) is 80.2 Å². The molecule has 19 heteroatoms. The fourth-order valence-electron chi connectivity index (χ4n) is 10.4. The first-order chi connectivity index (χ1) is 37.4. The fourth-order valence-corrected chi connectivity index (χ4v) is 10.4. The number of benzene rings is 6. The molecule has 0 saturated carbocycles. The molecule has 0 aliphatic heterocycles. The van der Waals surface area contributed by atoms with E-state index in [0.717, 1.165) is 33.7 Å². The smallest absolute Gasteiger partial charge is 0.309 e. The van der Waals surface area contributed by atoms with Gasteiger partial charge in [0.15, 0.2) is 23.3 Å². The number of fused-ring (bicyclic) bond motifs is 6. The van der Waals surface area contributed by atoms with Gasteiger partial charge in [0.1, 0.15) is 52.7 Å². The molecule has 0 aliphatic rings. The highest BCUT2D eigenvalue weighted by Gasteiger charge is 2.32. The van der Waals surface area contributed by atoms with Crippen molar-refractivity contribution in [3.63, 3.8) is 0 Å². The predicted octanol–water partition coefficient (Wildman–Crippen LogP) is 12.2. The van der Waals surface area contributed by atoms with Crippen LogP contribution in [0.3, 0.4) is 0 Å². The van der Waals surface area contributed by atoms with Crippen LogP contribution in [0.5, 0.6) is 0 Å². The molecule has 378 valence electrons. The highest BCUT2D eigenvalue weighted by atomic mass is 19.4. The summed E-state index contributed by atoms with van der Waals surface area (Å²) in [6.45, 7) is 14.3. The quantitative estimate of drug-likeness (QED) is 0.145. The molecule has 0 bridgehead atoms. The van der Waals surface area contributed by atoms with E-state index in [0.29, 0.717) is 131 Å². The Morgan fingerprint density at radius 2 is 0.667 bits per heavy atom. The maximum absolute atomic E-state index is 14.6. The molecular weight excluding hydrogens is 990 g/mol. The van der Waals surface area contributed by atoms with Gasteiger partial charge in [-0.05, 0) is 104 Å². The van der Waals surface area contributed by atoms with Gasteiger partial charge in [-0.2, -0.15) is 23.7 Å². The number of nitriles is 2. The van der Waals surface area contributed by atoms with Gasteiger partial charge in [-0.1, -0.05) is 54.6 Å². The van der Waals surface area contributed by atoms with E-state index < -0.39 is 11.7 Å². The minimum absolute atomic E-state index is 0.176. The van der Waals surface area contributed by atoms with E-state index in [1.165, 1.54) is 6.07 Å². The highest BCUT2D eigenvalue weighted by Crippen LogP contribution is 2.44. The molecule has 0 unspecified atom stereocenters. The standard InChI is InChI=1S/C59H41F3N16/c1-28-65-29(2)70-55(69-28)36-9-14-44-45-15-10-37(56-71-30(3)66-31(4)72-56)21-51(45)77(50(44)20-36)49-25-48(43-18-13-42(59(60,61)62)19-40(43)26-63)54(24-41(49)27-64)78-52-22-38(57-73-32(5)67-33(6)74-57)11-16-46(52)47-17-12-39(23-53(47)78)58-75-34(7)68-35(8)76-58/h9-25H,1-8H3. The van der Waals surface area contributed by atoms with Crippen molar-refractivity contribution in [3.05, 3.63) is 166 Å². The van der Waals surface area contributed by atoms with Crippen molar-refractivity contribution in [1.29, 1.82) is 10.5 Å². The molecule has 0 radical (unpaired) electrons. The number of halogens is 3. The summed E-state index contributed by atoms with van der Waals surface area (Å²) in [6.07, 6.45) is -4.76. The van der Waals surface area contributed by atoms with E-state index in [1.807, 2.05) is 81.9 Å². The second-order valence-electron chi connectivity index (χ2n) is 19.0. The summed E-state index contributed by atoms with van der Waals surface area (Å²) >= 11 is 0. The molecule has 6 aromatic carbocycles. The Morgan fingerprint density at radius 1 is 0.346 bits per heavy atom. The fraction of sp³-hybridized carbons (Fsp3) is 0.153. The Kier molecular flexibility index (Phi) is 11.4. The molecule has 0 saturated heterocycles. The van der Waals surface area contributed by atoms with Crippen molar-refractivity contribution in [2.75, 3.05) is 0 Å². The lowest BCUT2D eigenvalue weighted by Gasteiger charge is -2.20. The molecule has 0 N–H and O–H groups in total. The Labute approximate surface area is 442 Å². The molecule has 78 heavy (non-hydrogen) atoms. The maximum atomic E-state index is 14.6. The molecule has 0 spiro atoms. The van der Waals surface area contributed by atoms with E-state index >= 15 is 0 Å². The number of hydrogen-bond donors (Lipinski definition) is 0. The molecule has 0 fully saturated rings. The lowest BCUT2D eigenvalue weighted by atomic mass is 9.94. The van der Waals surface area contributed by atoms with Gasteiger partial charge in [0.05, 0.1) is 56.2 Å². The topological polar surface area (TPSA) is 212 Å². The van der Waals surface area contributed by atoms with Gasteiger partial charge < -0.3 is 9.13 Å².